The molecule has 1 N–H and O–H groups in total. The van der Waals surface area contributed by atoms with Crippen molar-refractivity contribution in [3.05, 3.63) is 44.3 Å². The van der Waals surface area contributed by atoms with E-state index in [9.17, 15) is 0 Å². The highest BCUT2D eigenvalue weighted by Gasteiger charge is 2.07. The Morgan fingerprint density at radius 3 is 2.75 bits per heavy atom. The molecule has 0 radical (unpaired) electrons. The van der Waals surface area contributed by atoms with Crippen LogP contribution in [0.25, 0.3) is 0 Å². The highest BCUT2D eigenvalue weighted by atomic mass is 32.1. The van der Waals surface area contributed by atoms with Gasteiger partial charge < -0.3 is 5.32 Å². The van der Waals surface area contributed by atoms with Gasteiger partial charge in [-0.2, -0.15) is 0 Å². The molecule has 1 atom stereocenters. The fourth-order valence-corrected chi connectivity index (χ4v) is 3.22. The van der Waals surface area contributed by atoms with Gasteiger partial charge in [-0.25, -0.2) is 0 Å². The van der Waals surface area contributed by atoms with Crippen LogP contribution in [0, 0.1) is 0 Å². The van der Waals surface area contributed by atoms with Crippen molar-refractivity contribution in [3.8, 4) is 0 Å². The van der Waals surface area contributed by atoms with E-state index >= 15 is 0 Å². The second-order valence-corrected chi connectivity index (χ2v) is 6.07. The lowest BCUT2D eigenvalue weighted by molar-refractivity contribution is 0.587. The summed E-state index contributed by atoms with van der Waals surface area (Å²) in [5, 5.41) is 5.69. The van der Waals surface area contributed by atoms with Crippen LogP contribution in [0.3, 0.4) is 0 Å². The van der Waals surface area contributed by atoms with Crippen molar-refractivity contribution in [2.75, 3.05) is 0 Å². The summed E-state index contributed by atoms with van der Waals surface area (Å²) in [5.74, 6) is 0. The van der Waals surface area contributed by atoms with Crippen LogP contribution in [-0.4, -0.2) is 0 Å². The largest absolute Gasteiger partial charge is 0.305 e. The summed E-state index contributed by atoms with van der Waals surface area (Å²) >= 11 is 3.73. The molecule has 0 fully saturated rings. The highest BCUT2D eigenvalue weighted by Crippen LogP contribution is 2.23. The second-order valence-electron chi connectivity index (χ2n) is 3.84. The molecule has 2 aromatic rings. The molecule has 0 aliphatic carbocycles. The van der Waals surface area contributed by atoms with E-state index in [1.807, 2.05) is 22.7 Å². The van der Waals surface area contributed by atoms with Crippen molar-refractivity contribution < 1.29 is 0 Å². The number of hydrogen-bond acceptors (Lipinski definition) is 3. The van der Waals surface area contributed by atoms with Gasteiger partial charge in [0, 0.05) is 27.2 Å². The van der Waals surface area contributed by atoms with Crippen molar-refractivity contribution in [2.45, 2.75) is 32.9 Å². The van der Waals surface area contributed by atoms with Crippen LogP contribution in [-0.2, 0) is 13.0 Å². The number of thiophene rings is 2. The van der Waals surface area contributed by atoms with E-state index in [4.69, 9.17) is 0 Å². The zero-order valence-corrected chi connectivity index (χ0v) is 11.3. The quantitative estimate of drug-likeness (QED) is 0.839. The Labute approximate surface area is 105 Å². The SMILES string of the molecule is CCc1ccc(C(C)NCc2cccs2)s1. The smallest absolute Gasteiger partial charge is 0.0389 e. The van der Waals surface area contributed by atoms with Crippen LogP contribution in [0.2, 0.25) is 0 Å². The maximum atomic E-state index is 3.56. The minimum Gasteiger partial charge on any atom is -0.305 e. The third-order valence-corrected chi connectivity index (χ3v) is 4.91. The van der Waals surface area contributed by atoms with E-state index < -0.39 is 0 Å². The van der Waals surface area contributed by atoms with Gasteiger partial charge in [-0.1, -0.05) is 13.0 Å². The first-order valence-electron chi connectivity index (χ1n) is 5.64. The summed E-state index contributed by atoms with van der Waals surface area (Å²) < 4.78 is 0. The van der Waals surface area contributed by atoms with E-state index in [0.29, 0.717) is 6.04 Å². The molecule has 0 amide bonds. The fourth-order valence-electron chi connectivity index (χ4n) is 1.58. The normalized spacial score (nSPS) is 12.9. The van der Waals surface area contributed by atoms with Crippen molar-refractivity contribution in [1.82, 2.24) is 5.32 Å². The average molecular weight is 251 g/mol. The molecule has 0 saturated carbocycles. The van der Waals surface area contributed by atoms with Crippen LogP contribution >= 0.6 is 22.7 Å². The first-order chi connectivity index (χ1) is 7.79. The molecule has 0 saturated heterocycles. The molecule has 16 heavy (non-hydrogen) atoms. The van der Waals surface area contributed by atoms with Crippen molar-refractivity contribution in [2.24, 2.45) is 0 Å². The van der Waals surface area contributed by atoms with Crippen LogP contribution in [0.5, 0.6) is 0 Å². The third-order valence-electron chi connectivity index (χ3n) is 2.62. The zero-order chi connectivity index (χ0) is 11.4. The minimum atomic E-state index is 0.451. The summed E-state index contributed by atoms with van der Waals surface area (Å²) in [6, 6.07) is 9.22. The summed E-state index contributed by atoms with van der Waals surface area (Å²) in [6.45, 7) is 5.41. The number of nitrogens with one attached hydrogen (secondary N) is 1. The van der Waals surface area contributed by atoms with Gasteiger partial charge >= 0.3 is 0 Å². The lowest BCUT2D eigenvalue weighted by Gasteiger charge is -2.10. The van der Waals surface area contributed by atoms with Gasteiger partial charge in [0.05, 0.1) is 0 Å². The topological polar surface area (TPSA) is 12.0 Å². The molecule has 0 spiro atoms. The molecule has 1 unspecified atom stereocenters. The van der Waals surface area contributed by atoms with Gasteiger partial charge in [0.25, 0.3) is 0 Å². The molecule has 0 bridgehead atoms. The molecule has 2 aromatic heterocycles. The van der Waals surface area contributed by atoms with Crippen LogP contribution < -0.4 is 5.32 Å². The van der Waals surface area contributed by atoms with E-state index in [1.54, 1.807) is 0 Å². The van der Waals surface area contributed by atoms with E-state index in [-0.39, 0.29) is 0 Å². The van der Waals surface area contributed by atoms with E-state index in [2.05, 4.69) is 48.8 Å². The van der Waals surface area contributed by atoms with Gasteiger partial charge in [0.2, 0.25) is 0 Å². The van der Waals surface area contributed by atoms with Crippen molar-refractivity contribution in [1.29, 1.82) is 0 Å². The minimum absolute atomic E-state index is 0.451. The Bertz CT molecular complexity index is 417. The molecule has 2 rings (SSSR count). The van der Waals surface area contributed by atoms with E-state index in [0.717, 1.165) is 13.0 Å². The van der Waals surface area contributed by atoms with Gasteiger partial charge in [-0.05, 0) is 36.9 Å². The summed E-state index contributed by atoms with van der Waals surface area (Å²) in [5.41, 5.74) is 0. The van der Waals surface area contributed by atoms with Gasteiger partial charge in [-0.15, -0.1) is 22.7 Å². The van der Waals surface area contributed by atoms with Crippen LogP contribution in [0.1, 0.15) is 34.5 Å². The van der Waals surface area contributed by atoms with Crippen molar-refractivity contribution in [3.63, 3.8) is 0 Å². The summed E-state index contributed by atoms with van der Waals surface area (Å²) in [4.78, 5) is 4.31. The molecule has 3 heteroatoms. The molecular weight excluding hydrogens is 234 g/mol. The van der Waals surface area contributed by atoms with Gasteiger partial charge in [-0.3, -0.25) is 0 Å². The van der Waals surface area contributed by atoms with Gasteiger partial charge in [0.15, 0.2) is 0 Å². The maximum absolute atomic E-state index is 3.56. The third kappa shape index (κ3) is 2.94. The molecule has 2 heterocycles. The Morgan fingerprint density at radius 1 is 1.25 bits per heavy atom. The predicted molar refractivity (Wildman–Crippen MR) is 73.3 cm³/mol. The number of aryl methyl sites for hydroxylation is 1. The maximum Gasteiger partial charge on any atom is 0.0389 e. The molecular formula is C13H17NS2. The van der Waals surface area contributed by atoms with Gasteiger partial charge in [0.1, 0.15) is 0 Å². The Balaban J connectivity index is 1.90. The molecule has 0 aromatic carbocycles. The molecule has 0 aliphatic rings. The summed E-state index contributed by atoms with van der Waals surface area (Å²) in [6.07, 6.45) is 1.14. The highest BCUT2D eigenvalue weighted by molar-refractivity contribution is 7.12. The lowest BCUT2D eigenvalue weighted by atomic mass is 10.2. The molecule has 1 nitrogen and oxygen atoms in total. The molecule has 86 valence electrons. The zero-order valence-electron chi connectivity index (χ0n) is 9.69. The lowest BCUT2D eigenvalue weighted by Crippen LogP contribution is -2.16. The first kappa shape index (κ1) is 11.8. The predicted octanol–water partition coefficient (Wildman–Crippen LogP) is 4.22. The number of rotatable bonds is 5. The standard InChI is InChI=1S/C13H17NS2/c1-3-11-6-7-13(16-11)10(2)14-9-12-5-4-8-15-12/h4-8,10,14H,3,9H2,1-2H3. The first-order valence-corrected chi connectivity index (χ1v) is 7.33. The Hall–Kier alpha value is -0.640. The van der Waals surface area contributed by atoms with Crippen LogP contribution in [0.15, 0.2) is 29.6 Å². The van der Waals surface area contributed by atoms with Crippen molar-refractivity contribution >= 4 is 22.7 Å². The Morgan fingerprint density at radius 2 is 2.12 bits per heavy atom. The van der Waals surface area contributed by atoms with E-state index in [1.165, 1.54) is 14.6 Å². The second kappa shape index (κ2) is 5.62. The van der Waals surface area contributed by atoms with Crippen LogP contribution in [0.4, 0.5) is 0 Å². The molecule has 0 aliphatic heterocycles. The summed E-state index contributed by atoms with van der Waals surface area (Å²) in [7, 11) is 0. The average Bonchev–Trinajstić information content (AvgIpc) is 2.96. The number of hydrogen-bond donors (Lipinski definition) is 1. The Kier molecular flexibility index (Phi) is 4.16. The monoisotopic (exact) mass is 251 g/mol. The fraction of sp³-hybridized carbons (Fsp3) is 0.385.